The number of nitriles is 1. The number of hydrogen-bond acceptors (Lipinski definition) is 4. The molecule has 1 aromatic heterocycles. The van der Waals surface area contributed by atoms with Crippen LogP contribution in [-0.4, -0.2) is 6.61 Å². The van der Waals surface area contributed by atoms with Gasteiger partial charge < -0.3 is 14.9 Å². The molecular formula is C13H12N2O2. The Morgan fingerprint density at radius 2 is 2.18 bits per heavy atom. The van der Waals surface area contributed by atoms with E-state index in [0.717, 1.165) is 5.56 Å². The van der Waals surface area contributed by atoms with Crippen LogP contribution in [0.2, 0.25) is 0 Å². The molecule has 0 aliphatic heterocycles. The van der Waals surface area contributed by atoms with Gasteiger partial charge in [0.25, 0.3) is 0 Å². The molecule has 2 rings (SSSR count). The predicted octanol–water partition coefficient (Wildman–Crippen LogP) is 2.80. The van der Waals surface area contributed by atoms with Crippen LogP contribution in [0.15, 0.2) is 34.7 Å². The molecule has 2 aromatic rings. The molecule has 0 unspecified atom stereocenters. The van der Waals surface area contributed by atoms with Crippen molar-refractivity contribution < 1.29 is 9.15 Å². The number of furan rings is 1. The lowest BCUT2D eigenvalue weighted by molar-refractivity contribution is 0.342. The Balaban J connectivity index is 2.34. The molecular weight excluding hydrogens is 216 g/mol. The van der Waals surface area contributed by atoms with Crippen molar-refractivity contribution in [2.24, 2.45) is 0 Å². The molecule has 0 atom stereocenters. The molecule has 0 fully saturated rings. The van der Waals surface area contributed by atoms with Gasteiger partial charge in [-0.1, -0.05) is 0 Å². The molecule has 0 bridgehead atoms. The second kappa shape index (κ2) is 4.62. The summed E-state index contributed by atoms with van der Waals surface area (Å²) in [5.74, 6) is 1.56. The number of nitrogens with zero attached hydrogens (tertiary/aromatic N) is 1. The Hall–Kier alpha value is -2.41. The first kappa shape index (κ1) is 11.1. The van der Waals surface area contributed by atoms with E-state index < -0.39 is 0 Å². The third kappa shape index (κ3) is 2.23. The fraction of sp³-hybridized carbons (Fsp3) is 0.154. The Bertz CT molecular complexity index is 567. The third-order valence-electron chi connectivity index (χ3n) is 2.31. The predicted molar refractivity (Wildman–Crippen MR) is 64.4 cm³/mol. The standard InChI is InChI=1S/C13H12N2O2/c1-2-16-13-5-3-9(7-11(13)15)12-6-4-10(8-14)17-12/h3-7H,2,15H2,1H3. The Kier molecular flexibility index (Phi) is 3.01. The molecule has 86 valence electrons. The van der Waals surface area contributed by atoms with Gasteiger partial charge in [-0.05, 0) is 37.3 Å². The maximum atomic E-state index is 8.68. The van der Waals surface area contributed by atoms with Gasteiger partial charge in [-0.15, -0.1) is 0 Å². The monoisotopic (exact) mass is 228 g/mol. The molecule has 1 aromatic carbocycles. The van der Waals surface area contributed by atoms with Gasteiger partial charge in [-0.25, -0.2) is 0 Å². The molecule has 17 heavy (non-hydrogen) atoms. The van der Waals surface area contributed by atoms with Gasteiger partial charge in [0.2, 0.25) is 5.76 Å². The minimum absolute atomic E-state index is 0.285. The topological polar surface area (TPSA) is 72.2 Å². The molecule has 0 aliphatic rings. The van der Waals surface area contributed by atoms with Crippen molar-refractivity contribution >= 4 is 5.69 Å². The van der Waals surface area contributed by atoms with Crippen LogP contribution in [0.3, 0.4) is 0 Å². The highest BCUT2D eigenvalue weighted by Gasteiger charge is 2.07. The largest absolute Gasteiger partial charge is 0.492 e. The highest BCUT2D eigenvalue weighted by atomic mass is 16.5. The van der Waals surface area contributed by atoms with E-state index in [0.29, 0.717) is 23.8 Å². The second-order valence-electron chi connectivity index (χ2n) is 3.46. The normalized spacial score (nSPS) is 9.88. The van der Waals surface area contributed by atoms with Crippen LogP contribution < -0.4 is 10.5 Å². The van der Waals surface area contributed by atoms with Crippen molar-refractivity contribution in [3.05, 3.63) is 36.1 Å². The van der Waals surface area contributed by atoms with Crippen LogP contribution in [0.5, 0.6) is 5.75 Å². The number of ether oxygens (including phenoxy) is 1. The van der Waals surface area contributed by atoms with E-state index in [1.165, 1.54) is 0 Å². The smallest absolute Gasteiger partial charge is 0.204 e. The SMILES string of the molecule is CCOc1ccc(-c2ccc(C#N)o2)cc1N. The molecule has 1 heterocycles. The van der Waals surface area contributed by atoms with Crippen molar-refractivity contribution in [3.8, 4) is 23.1 Å². The van der Waals surface area contributed by atoms with E-state index >= 15 is 0 Å². The van der Waals surface area contributed by atoms with Crippen LogP contribution in [0.25, 0.3) is 11.3 Å². The molecule has 0 saturated carbocycles. The fourth-order valence-corrected chi connectivity index (χ4v) is 1.54. The van der Waals surface area contributed by atoms with Gasteiger partial charge in [-0.2, -0.15) is 5.26 Å². The molecule has 0 amide bonds. The number of nitrogens with two attached hydrogens (primary N) is 1. The summed E-state index contributed by atoms with van der Waals surface area (Å²) in [6.45, 7) is 2.47. The lowest BCUT2D eigenvalue weighted by Crippen LogP contribution is -1.96. The summed E-state index contributed by atoms with van der Waals surface area (Å²) in [4.78, 5) is 0. The molecule has 0 spiro atoms. The van der Waals surface area contributed by atoms with E-state index in [1.54, 1.807) is 24.3 Å². The average molecular weight is 228 g/mol. The highest BCUT2D eigenvalue weighted by molar-refractivity contribution is 5.67. The first-order valence-electron chi connectivity index (χ1n) is 5.27. The highest BCUT2D eigenvalue weighted by Crippen LogP contribution is 2.29. The van der Waals surface area contributed by atoms with Gasteiger partial charge in [-0.3, -0.25) is 0 Å². The Morgan fingerprint density at radius 3 is 2.76 bits per heavy atom. The molecule has 4 nitrogen and oxygen atoms in total. The van der Waals surface area contributed by atoms with Crippen molar-refractivity contribution in [1.29, 1.82) is 5.26 Å². The van der Waals surface area contributed by atoms with Crippen LogP contribution >= 0.6 is 0 Å². The second-order valence-corrected chi connectivity index (χ2v) is 3.46. The van der Waals surface area contributed by atoms with Crippen molar-refractivity contribution in [3.63, 3.8) is 0 Å². The Labute approximate surface area is 99.2 Å². The number of anilines is 1. The number of rotatable bonds is 3. The van der Waals surface area contributed by atoms with Gasteiger partial charge in [0.05, 0.1) is 12.3 Å². The summed E-state index contributed by atoms with van der Waals surface area (Å²) < 4.78 is 10.7. The zero-order valence-electron chi connectivity index (χ0n) is 9.43. The minimum Gasteiger partial charge on any atom is -0.492 e. The molecule has 0 radical (unpaired) electrons. The quantitative estimate of drug-likeness (QED) is 0.820. The van der Waals surface area contributed by atoms with Gasteiger partial charge in [0, 0.05) is 5.56 Å². The number of benzene rings is 1. The van der Waals surface area contributed by atoms with E-state index in [-0.39, 0.29) is 5.76 Å². The molecule has 0 aliphatic carbocycles. The van der Waals surface area contributed by atoms with Crippen LogP contribution in [0.4, 0.5) is 5.69 Å². The summed E-state index contributed by atoms with van der Waals surface area (Å²) in [6, 6.07) is 10.7. The summed E-state index contributed by atoms with van der Waals surface area (Å²) in [6.07, 6.45) is 0. The third-order valence-corrected chi connectivity index (χ3v) is 2.31. The van der Waals surface area contributed by atoms with Crippen LogP contribution in [-0.2, 0) is 0 Å². The van der Waals surface area contributed by atoms with E-state index in [2.05, 4.69) is 0 Å². The van der Waals surface area contributed by atoms with E-state index in [4.69, 9.17) is 20.1 Å². The maximum Gasteiger partial charge on any atom is 0.204 e. The number of nitrogen functional groups attached to an aromatic ring is 1. The Morgan fingerprint density at radius 1 is 1.35 bits per heavy atom. The van der Waals surface area contributed by atoms with E-state index in [9.17, 15) is 0 Å². The van der Waals surface area contributed by atoms with E-state index in [1.807, 2.05) is 19.1 Å². The maximum absolute atomic E-state index is 8.68. The lowest BCUT2D eigenvalue weighted by atomic mass is 10.1. The summed E-state index contributed by atoms with van der Waals surface area (Å²) in [5.41, 5.74) is 7.23. The molecule has 4 heteroatoms. The van der Waals surface area contributed by atoms with Crippen molar-refractivity contribution in [2.45, 2.75) is 6.92 Å². The van der Waals surface area contributed by atoms with Gasteiger partial charge >= 0.3 is 0 Å². The fourth-order valence-electron chi connectivity index (χ4n) is 1.54. The zero-order chi connectivity index (χ0) is 12.3. The van der Waals surface area contributed by atoms with Crippen LogP contribution in [0.1, 0.15) is 12.7 Å². The first-order valence-corrected chi connectivity index (χ1v) is 5.27. The van der Waals surface area contributed by atoms with Crippen molar-refractivity contribution in [2.75, 3.05) is 12.3 Å². The number of hydrogen-bond donors (Lipinski definition) is 1. The van der Waals surface area contributed by atoms with Gasteiger partial charge in [0.1, 0.15) is 17.6 Å². The van der Waals surface area contributed by atoms with Crippen molar-refractivity contribution in [1.82, 2.24) is 0 Å². The first-order chi connectivity index (χ1) is 8.24. The summed E-state index contributed by atoms with van der Waals surface area (Å²) in [7, 11) is 0. The molecule has 0 saturated heterocycles. The minimum atomic E-state index is 0.285. The summed E-state index contributed by atoms with van der Waals surface area (Å²) >= 11 is 0. The average Bonchev–Trinajstić information content (AvgIpc) is 2.80. The van der Waals surface area contributed by atoms with Crippen LogP contribution in [0, 0.1) is 11.3 Å². The summed E-state index contributed by atoms with van der Waals surface area (Å²) in [5, 5.41) is 8.68. The zero-order valence-corrected chi connectivity index (χ0v) is 9.43. The molecule has 2 N–H and O–H groups in total. The van der Waals surface area contributed by atoms with Gasteiger partial charge in [0.15, 0.2) is 0 Å². The lowest BCUT2D eigenvalue weighted by Gasteiger charge is -2.07.